The molecule has 0 saturated carbocycles. The fourth-order valence-corrected chi connectivity index (χ4v) is 3.31. The van der Waals surface area contributed by atoms with Crippen molar-refractivity contribution in [3.63, 3.8) is 0 Å². The highest BCUT2D eigenvalue weighted by Gasteiger charge is 2.58. The van der Waals surface area contributed by atoms with E-state index in [2.05, 4.69) is 5.32 Å². The van der Waals surface area contributed by atoms with Gasteiger partial charge < -0.3 is 38.8 Å². The van der Waals surface area contributed by atoms with E-state index >= 15 is 0 Å². The quantitative estimate of drug-likeness (QED) is 0.302. The second-order valence-corrected chi connectivity index (χ2v) is 7.05. The van der Waals surface area contributed by atoms with Gasteiger partial charge in [-0.15, -0.1) is 0 Å². The first-order chi connectivity index (χ1) is 14.9. The largest absolute Gasteiger partial charge is 0.465 e. The van der Waals surface area contributed by atoms with Crippen molar-refractivity contribution in [3.8, 4) is 0 Å². The second-order valence-electron chi connectivity index (χ2n) is 7.05. The number of esters is 4. The Bertz CT molecular complexity index is 725. The summed E-state index contributed by atoms with van der Waals surface area (Å²) in [7, 11) is 2.20. The summed E-state index contributed by atoms with van der Waals surface area (Å²) in [5.41, 5.74) is 0. The molecule has 0 spiro atoms. The van der Waals surface area contributed by atoms with Crippen LogP contribution in [0.1, 0.15) is 34.1 Å². The lowest BCUT2D eigenvalue weighted by atomic mass is 9.88. The minimum atomic E-state index is -2.13. The SMILES string of the molecule is COC(=O)[C@]1(OC)C[C@@H](OC(C)=O)[C@@H](NC(C)=O)C([C@H](OC(C)=O)[C@H](O)COC(C)=O)O1. The van der Waals surface area contributed by atoms with Gasteiger partial charge in [-0.3, -0.25) is 19.2 Å². The highest BCUT2D eigenvalue weighted by Crippen LogP contribution is 2.36. The first-order valence-electron chi connectivity index (χ1n) is 9.61. The van der Waals surface area contributed by atoms with E-state index in [-0.39, 0.29) is 6.42 Å². The van der Waals surface area contributed by atoms with Crippen LogP contribution in [0.5, 0.6) is 0 Å². The van der Waals surface area contributed by atoms with Gasteiger partial charge in [0.15, 0.2) is 6.10 Å². The lowest BCUT2D eigenvalue weighted by Crippen LogP contribution is -2.69. The number of carbonyl (C=O) groups excluding carboxylic acids is 5. The van der Waals surface area contributed by atoms with Crippen LogP contribution in [0.15, 0.2) is 0 Å². The molecular weight excluding hydrogens is 434 g/mol. The average Bonchev–Trinajstić information content (AvgIpc) is 2.69. The first-order valence-corrected chi connectivity index (χ1v) is 9.61. The number of hydrogen-bond donors (Lipinski definition) is 2. The van der Waals surface area contributed by atoms with E-state index < -0.39 is 72.6 Å². The van der Waals surface area contributed by atoms with E-state index in [1.807, 2.05) is 0 Å². The van der Waals surface area contributed by atoms with Gasteiger partial charge in [-0.2, -0.15) is 0 Å². The summed E-state index contributed by atoms with van der Waals surface area (Å²) in [6.07, 6.45) is -6.32. The van der Waals surface area contributed by atoms with Crippen molar-refractivity contribution >= 4 is 29.8 Å². The van der Waals surface area contributed by atoms with Gasteiger partial charge in [-0.05, 0) is 0 Å². The molecular formula is C19H29NO12. The Balaban J connectivity index is 3.54. The lowest BCUT2D eigenvalue weighted by Gasteiger charge is -2.47. The van der Waals surface area contributed by atoms with Crippen molar-refractivity contribution in [2.24, 2.45) is 0 Å². The van der Waals surface area contributed by atoms with Crippen molar-refractivity contribution in [1.29, 1.82) is 0 Å². The van der Waals surface area contributed by atoms with Crippen molar-refractivity contribution in [1.82, 2.24) is 5.32 Å². The highest BCUT2D eigenvalue weighted by atomic mass is 16.7. The molecule has 0 aromatic heterocycles. The van der Waals surface area contributed by atoms with Crippen LogP contribution in [-0.4, -0.2) is 92.0 Å². The number of carbonyl (C=O) groups is 5. The molecule has 182 valence electrons. The summed E-state index contributed by atoms with van der Waals surface area (Å²) in [5.74, 6) is -6.01. The summed E-state index contributed by atoms with van der Waals surface area (Å²) < 4.78 is 31.1. The molecule has 1 aliphatic heterocycles. The topological polar surface area (TPSA) is 173 Å². The Labute approximate surface area is 184 Å². The minimum absolute atomic E-state index is 0.385. The van der Waals surface area contributed by atoms with Crippen LogP contribution in [0.4, 0.5) is 0 Å². The molecule has 6 atom stereocenters. The molecule has 0 aromatic rings. The Morgan fingerprint density at radius 3 is 2.12 bits per heavy atom. The van der Waals surface area contributed by atoms with Gasteiger partial charge in [0.05, 0.1) is 19.6 Å². The molecule has 0 radical (unpaired) electrons. The maximum atomic E-state index is 12.5. The number of methoxy groups -OCH3 is 2. The fraction of sp³-hybridized carbons (Fsp3) is 0.737. The smallest absolute Gasteiger partial charge is 0.366 e. The van der Waals surface area contributed by atoms with E-state index in [4.69, 9.17) is 28.4 Å². The summed E-state index contributed by atoms with van der Waals surface area (Å²) in [6.45, 7) is 3.85. The maximum absolute atomic E-state index is 12.5. The Morgan fingerprint density at radius 1 is 1.06 bits per heavy atom. The summed E-state index contributed by atoms with van der Waals surface area (Å²) in [4.78, 5) is 59.0. The molecule has 1 amide bonds. The van der Waals surface area contributed by atoms with Crippen LogP contribution in [0.3, 0.4) is 0 Å². The molecule has 0 bridgehead atoms. The molecule has 1 fully saturated rings. The number of aliphatic hydroxyl groups is 1. The molecule has 32 heavy (non-hydrogen) atoms. The van der Waals surface area contributed by atoms with E-state index in [0.717, 1.165) is 35.0 Å². The van der Waals surface area contributed by atoms with Gasteiger partial charge in [0.1, 0.15) is 24.9 Å². The van der Waals surface area contributed by atoms with Crippen molar-refractivity contribution < 1.29 is 57.5 Å². The third kappa shape index (κ3) is 7.14. The number of aliphatic hydroxyl groups excluding tert-OH is 1. The predicted molar refractivity (Wildman–Crippen MR) is 103 cm³/mol. The summed E-state index contributed by atoms with van der Waals surface area (Å²) in [5, 5.41) is 13.1. The van der Waals surface area contributed by atoms with Crippen molar-refractivity contribution in [2.45, 2.75) is 70.4 Å². The normalized spacial score (nSPS) is 26.8. The monoisotopic (exact) mass is 463 g/mol. The molecule has 1 saturated heterocycles. The second kappa shape index (κ2) is 11.7. The zero-order valence-electron chi connectivity index (χ0n) is 18.7. The Kier molecular flexibility index (Phi) is 10.0. The number of hydrogen-bond acceptors (Lipinski definition) is 12. The van der Waals surface area contributed by atoms with E-state index in [1.165, 1.54) is 6.92 Å². The van der Waals surface area contributed by atoms with Gasteiger partial charge in [-0.1, -0.05) is 0 Å². The molecule has 2 N–H and O–H groups in total. The number of amides is 1. The number of ether oxygens (including phenoxy) is 6. The predicted octanol–water partition coefficient (Wildman–Crippen LogP) is -1.42. The van der Waals surface area contributed by atoms with Gasteiger partial charge >= 0.3 is 23.9 Å². The summed E-state index contributed by atoms with van der Waals surface area (Å²) >= 11 is 0. The Morgan fingerprint density at radius 2 is 1.69 bits per heavy atom. The zero-order chi connectivity index (χ0) is 24.6. The van der Waals surface area contributed by atoms with E-state index in [9.17, 15) is 29.1 Å². The van der Waals surface area contributed by atoms with Crippen LogP contribution in [0, 0.1) is 0 Å². The molecule has 0 aromatic carbocycles. The summed E-state index contributed by atoms with van der Waals surface area (Å²) in [6, 6.07) is -1.19. The van der Waals surface area contributed by atoms with Gasteiger partial charge in [0.2, 0.25) is 5.91 Å². The van der Waals surface area contributed by atoms with Crippen LogP contribution in [0.2, 0.25) is 0 Å². The molecule has 1 heterocycles. The molecule has 1 unspecified atom stereocenters. The van der Waals surface area contributed by atoms with Crippen LogP contribution < -0.4 is 5.32 Å². The number of nitrogens with one attached hydrogen (secondary N) is 1. The van der Waals surface area contributed by atoms with Gasteiger partial charge in [0, 0.05) is 34.8 Å². The highest BCUT2D eigenvalue weighted by molar-refractivity contribution is 5.78. The maximum Gasteiger partial charge on any atom is 0.366 e. The number of rotatable bonds is 9. The first kappa shape index (κ1) is 27.3. The molecule has 0 aliphatic carbocycles. The molecule has 13 heteroatoms. The van der Waals surface area contributed by atoms with E-state index in [1.54, 1.807) is 0 Å². The molecule has 1 aliphatic rings. The third-order valence-electron chi connectivity index (χ3n) is 4.53. The van der Waals surface area contributed by atoms with Crippen LogP contribution >= 0.6 is 0 Å². The van der Waals surface area contributed by atoms with Gasteiger partial charge in [0.25, 0.3) is 5.79 Å². The molecule has 1 rings (SSSR count). The van der Waals surface area contributed by atoms with Crippen LogP contribution in [0.25, 0.3) is 0 Å². The standard InChI is InChI=1S/C19H29NO12/c1-9(21)20-15-14(30-11(3)23)7-19(28-6,18(26)27-5)32-17(15)16(31-12(4)24)13(25)8-29-10(2)22/h13-17,25H,7-8H2,1-6H3,(H,20,21)/t13-,14-,15-,16-,17?,19+/m1/s1. The van der Waals surface area contributed by atoms with Gasteiger partial charge in [-0.25, -0.2) is 4.79 Å². The van der Waals surface area contributed by atoms with Crippen LogP contribution in [-0.2, 0) is 52.4 Å². The minimum Gasteiger partial charge on any atom is -0.465 e. The zero-order valence-corrected chi connectivity index (χ0v) is 18.7. The van der Waals surface area contributed by atoms with Crippen molar-refractivity contribution in [2.75, 3.05) is 20.8 Å². The van der Waals surface area contributed by atoms with E-state index in [0.29, 0.717) is 0 Å². The van der Waals surface area contributed by atoms with Crippen molar-refractivity contribution in [3.05, 3.63) is 0 Å². The average molecular weight is 463 g/mol. The third-order valence-corrected chi connectivity index (χ3v) is 4.53. The Hall–Kier alpha value is -2.77. The lowest BCUT2D eigenvalue weighted by molar-refractivity contribution is -0.307. The fourth-order valence-electron chi connectivity index (χ4n) is 3.31. The molecule has 13 nitrogen and oxygen atoms in total.